The van der Waals surface area contributed by atoms with Crippen LogP contribution in [0.5, 0.6) is 0 Å². The van der Waals surface area contributed by atoms with Crippen molar-refractivity contribution in [1.82, 2.24) is 9.97 Å². The number of thiophene rings is 1. The van der Waals surface area contributed by atoms with Gasteiger partial charge in [-0.1, -0.05) is 0 Å². The highest BCUT2D eigenvalue weighted by Crippen LogP contribution is 2.28. The summed E-state index contributed by atoms with van der Waals surface area (Å²) in [4.78, 5) is 8.67. The Morgan fingerprint density at radius 2 is 2.43 bits per heavy atom. The van der Waals surface area contributed by atoms with Gasteiger partial charge < -0.3 is 4.98 Å². The third kappa shape index (κ3) is 2.19. The SMILES string of the molecule is ClCCc1ncc(-c2cc(Br)cs2)[nH]1. The number of hydrogen-bond acceptors (Lipinski definition) is 2. The van der Waals surface area contributed by atoms with Crippen molar-refractivity contribution in [1.29, 1.82) is 0 Å². The first-order valence-electron chi connectivity index (χ1n) is 4.14. The summed E-state index contributed by atoms with van der Waals surface area (Å²) in [6.45, 7) is 0. The highest BCUT2D eigenvalue weighted by atomic mass is 79.9. The van der Waals surface area contributed by atoms with Crippen molar-refractivity contribution in [2.24, 2.45) is 0 Å². The summed E-state index contributed by atoms with van der Waals surface area (Å²) in [5.74, 6) is 1.54. The van der Waals surface area contributed by atoms with E-state index >= 15 is 0 Å². The Labute approximate surface area is 99.5 Å². The van der Waals surface area contributed by atoms with Crippen molar-refractivity contribution in [3.05, 3.63) is 27.9 Å². The summed E-state index contributed by atoms with van der Waals surface area (Å²) in [5.41, 5.74) is 1.06. The van der Waals surface area contributed by atoms with Gasteiger partial charge in [0.1, 0.15) is 5.82 Å². The second kappa shape index (κ2) is 4.47. The van der Waals surface area contributed by atoms with Crippen molar-refractivity contribution in [3.8, 4) is 10.6 Å². The Balaban J connectivity index is 2.24. The lowest BCUT2D eigenvalue weighted by Gasteiger charge is -1.90. The van der Waals surface area contributed by atoms with Gasteiger partial charge in [0.15, 0.2) is 0 Å². The number of hydrogen-bond donors (Lipinski definition) is 1. The molecule has 0 spiro atoms. The monoisotopic (exact) mass is 290 g/mol. The molecule has 0 aliphatic rings. The van der Waals surface area contributed by atoms with Gasteiger partial charge in [0.25, 0.3) is 0 Å². The average Bonchev–Trinajstić information content (AvgIpc) is 2.74. The molecule has 2 heterocycles. The molecule has 0 aliphatic carbocycles. The summed E-state index contributed by atoms with van der Waals surface area (Å²) in [6, 6.07) is 2.07. The van der Waals surface area contributed by atoms with Gasteiger partial charge in [-0.05, 0) is 22.0 Å². The molecule has 0 atom stereocenters. The summed E-state index contributed by atoms with van der Waals surface area (Å²) < 4.78 is 1.10. The molecular weight excluding hydrogens is 284 g/mol. The fourth-order valence-electron chi connectivity index (χ4n) is 1.16. The van der Waals surface area contributed by atoms with E-state index in [1.165, 1.54) is 4.88 Å². The number of halogens is 2. The first kappa shape index (κ1) is 10.2. The molecule has 0 aromatic carbocycles. The zero-order valence-corrected chi connectivity index (χ0v) is 10.4. The third-order valence-electron chi connectivity index (χ3n) is 1.79. The quantitative estimate of drug-likeness (QED) is 0.859. The molecular formula is C9H8BrClN2S. The molecule has 0 bridgehead atoms. The van der Waals surface area contributed by atoms with Crippen LogP contribution in [-0.2, 0) is 6.42 Å². The molecule has 1 N–H and O–H groups in total. The molecule has 74 valence electrons. The molecule has 2 aromatic heterocycles. The topological polar surface area (TPSA) is 28.7 Å². The van der Waals surface area contributed by atoms with Gasteiger partial charge in [0.05, 0.1) is 16.8 Å². The highest BCUT2D eigenvalue weighted by molar-refractivity contribution is 9.10. The predicted octanol–water partition coefficient (Wildman–Crippen LogP) is 3.68. The standard InChI is InChI=1S/C9H8BrClN2S/c10-6-3-8(14-5-6)7-4-12-9(13-7)1-2-11/h3-5H,1-2H2,(H,12,13). The molecule has 0 fully saturated rings. The first-order valence-corrected chi connectivity index (χ1v) is 6.34. The third-order valence-corrected chi connectivity index (χ3v) is 3.71. The van der Waals surface area contributed by atoms with Gasteiger partial charge in [-0.3, -0.25) is 0 Å². The Hall–Kier alpha value is -0.320. The van der Waals surface area contributed by atoms with E-state index in [-0.39, 0.29) is 0 Å². The lowest BCUT2D eigenvalue weighted by Crippen LogP contribution is -1.87. The first-order chi connectivity index (χ1) is 6.79. The maximum absolute atomic E-state index is 5.63. The molecule has 0 unspecified atom stereocenters. The number of rotatable bonds is 3. The summed E-state index contributed by atoms with van der Waals surface area (Å²) in [5, 5.41) is 2.05. The number of imidazole rings is 1. The molecule has 0 saturated carbocycles. The molecule has 2 aromatic rings. The number of aromatic amines is 1. The van der Waals surface area contributed by atoms with Crippen LogP contribution in [0.25, 0.3) is 10.6 Å². The van der Waals surface area contributed by atoms with Gasteiger partial charge in [-0.25, -0.2) is 4.98 Å². The molecule has 0 aliphatic heterocycles. The fraction of sp³-hybridized carbons (Fsp3) is 0.222. The normalized spacial score (nSPS) is 10.7. The largest absolute Gasteiger partial charge is 0.341 e. The van der Waals surface area contributed by atoms with E-state index in [4.69, 9.17) is 11.6 Å². The second-order valence-corrected chi connectivity index (χ2v) is 5.02. The van der Waals surface area contributed by atoms with Crippen molar-refractivity contribution < 1.29 is 0 Å². The maximum Gasteiger partial charge on any atom is 0.107 e. The van der Waals surface area contributed by atoms with Gasteiger partial charge in [-0.2, -0.15) is 0 Å². The van der Waals surface area contributed by atoms with E-state index in [9.17, 15) is 0 Å². The van der Waals surface area contributed by atoms with E-state index < -0.39 is 0 Å². The molecule has 0 radical (unpaired) electrons. The predicted molar refractivity (Wildman–Crippen MR) is 64.0 cm³/mol. The zero-order chi connectivity index (χ0) is 9.97. The van der Waals surface area contributed by atoms with Crippen molar-refractivity contribution in [3.63, 3.8) is 0 Å². The average molecular weight is 292 g/mol. The molecule has 2 rings (SSSR count). The molecule has 5 heteroatoms. The molecule has 0 amide bonds. The Kier molecular flexibility index (Phi) is 3.26. The van der Waals surface area contributed by atoms with Crippen molar-refractivity contribution in [2.75, 3.05) is 5.88 Å². The van der Waals surface area contributed by atoms with Crippen LogP contribution in [0, 0.1) is 0 Å². The lowest BCUT2D eigenvalue weighted by molar-refractivity contribution is 0.997. The number of nitrogens with one attached hydrogen (secondary N) is 1. The number of alkyl halides is 1. The smallest absolute Gasteiger partial charge is 0.107 e. The Morgan fingerprint density at radius 1 is 1.57 bits per heavy atom. The summed E-state index contributed by atoms with van der Waals surface area (Å²) in [7, 11) is 0. The number of nitrogens with zero attached hydrogens (tertiary/aromatic N) is 1. The highest BCUT2D eigenvalue weighted by Gasteiger charge is 2.04. The lowest BCUT2D eigenvalue weighted by atomic mass is 10.4. The zero-order valence-electron chi connectivity index (χ0n) is 7.26. The van der Waals surface area contributed by atoms with Crippen LogP contribution < -0.4 is 0 Å². The minimum atomic E-state index is 0.598. The van der Waals surface area contributed by atoms with Crippen molar-refractivity contribution in [2.45, 2.75) is 6.42 Å². The number of H-pyrrole nitrogens is 1. The van der Waals surface area contributed by atoms with Crippen LogP contribution in [0.4, 0.5) is 0 Å². The van der Waals surface area contributed by atoms with E-state index in [0.717, 1.165) is 22.4 Å². The van der Waals surface area contributed by atoms with Crippen LogP contribution in [0.1, 0.15) is 5.82 Å². The summed E-state index contributed by atoms with van der Waals surface area (Å²) in [6.07, 6.45) is 2.63. The minimum absolute atomic E-state index is 0.598. The van der Waals surface area contributed by atoms with Crippen LogP contribution in [0.3, 0.4) is 0 Å². The maximum atomic E-state index is 5.63. The molecule has 2 nitrogen and oxygen atoms in total. The van der Waals surface area contributed by atoms with E-state index in [2.05, 4.69) is 37.3 Å². The van der Waals surface area contributed by atoms with Gasteiger partial charge >= 0.3 is 0 Å². The van der Waals surface area contributed by atoms with Crippen LogP contribution in [0.2, 0.25) is 0 Å². The number of aromatic nitrogens is 2. The van der Waals surface area contributed by atoms with Crippen molar-refractivity contribution >= 4 is 38.9 Å². The van der Waals surface area contributed by atoms with Crippen LogP contribution in [0.15, 0.2) is 22.1 Å². The van der Waals surface area contributed by atoms with Gasteiger partial charge in [-0.15, -0.1) is 22.9 Å². The van der Waals surface area contributed by atoms with Gasteiger partial charge in [0.2, 0.25) is 0 Å². The van der Waals surface area contributed by atoms with E-state index in [0.29, 0.717) is 5.88 Å². The van der Waals surface area contributed by atoms with E-state index in [1.54, 1.807) is 11.3 Å². The minimum Gasteiger partial charge on any atom is -0.341 e. The Bertz CT molecular complexity index is 424. The fourth-order valence-corrected chi connectivity index (χ4v) is 2.73. The Morgan fingerprint density at radius 3 is 3.07 bits per heavy atom. The van der Waals surface area contributed by atoms with Gasteiger partial charge in [0, 0.05) is 22.2 Å². The number of aryl methyl sites for hydroxylation is 1. The van der Waals surface area contributed by atoms with Crippen LogP contribution >= 0.6 is 38.9 Å². The molecule has 14 heavy (non-hydrogen) atoms. The molecule has 0 saturated heterocycles. The van der Waals surface area contributed by atoms with Crippen LogP contribution in [-0.4, -0.2) is 15.8 Å². The van der Waals surface area contributed by atoms with E-state index in [1.807, 2.05) is 6.20 Å². The summed E-state index contributed by atoms with van der Waals surface area (Å²) >= 11 is 10.7. The second-order valence-electron chi connectivity index (χ2n) is 2.81.